The number of alkyl carbamates (subject to hydrolysis) is 1. The third-order valence-corrected chi connectivity index (χ3v) is 6.38. The van der Waals surface area contributed by atoms with Crippen LogP contribution in [0.25, 0.3) is 11.1 Å². The molecule has 0 bridgehead atoms. The van der Waals surface area contributed by atoms with E-state index < -0.39 is 18.1 Å². The second-order valence-electron chi connectivity index (χ2n) is 9.21. The van der Waals surface area contributed by atoms with Crippen LogP contribution in [-0.4, -0.2) is 78.8 Å². The third-order valence-electron chi connectivity index (χ3n) is 6.38. The van der Waals surface area contributed by atoms with Gasteiger partial charge >= 0.3 is 12.1 Å². The second-order valence-corrected chi connectivity index (χ2v) is 9.21. The molecule has 0 aliphatic heterocycles. The van der Waals surface area contributed by atoms with Gasteiger partial charge in [-0.05, 0) is 62.2 Å². The number of hydrogen-bond acceptors (Lipinski definition) is 5. The first-order valence-electron chi connectivity index (χ1n) is 11.6. The van der Waals surface area contributed by atoms with E-state index in [1.54, 1.807) is 0 Å². The Hall–Kier alpha value is -3.39. The predicted molar refractivity (Wildman–Crippen MR) is 128 cm³/mol. The Balaban J connectivity index is 1.44. The lowest BCUT2D eigenvalue weighted by molar-refractivity contribution is -0.145. The molecule has 1 unspecified atom stereocenters. The number of benzene rings is 2. The molecule has 8 nitrogen and oxygen atoms in total. The van der Waals surface area contributed by atoms with Gasteiger partial charge in [0, 0.05) is 12.0 Å². The number of carboxylic acid groups (broad SMARTS) is 1. The van der Waals surface area contributed by atoms with E-state index in [0.29, 0.717) is 13.0 Å². The zero-order chi connectivity index (χ0) is 24.2. The van der Waals surface area contributed by atoms with Crippen molar-refractivity contribution in [2.45, 2.75) is 37.3 Å². The quantitative estimate of drug-likeness (QED) is 0.560. The molecule has 0 spiro atoms. The summed E-state index contributed by atoms with van der Waals surface area (Å²) in [6, 6.07) is 15.2. The Morgan fingerprint density at radius 2 is 1.62 bits per heavy atom. The molecule has 2 aliphatic rings. The molecule has 2 N–H and O–H groups in total. The molecule has 0 heterocycles. The topological polar surface area (TPSA) is 99.2 Å². The number of fused-ring (bicyclic) bond motifs is 3. The number of ether oxygens (including phenoxy) is 1. The van der Waals surface area contributed by atoms with Crippen molar-refractivity contribution < 1.29 is 24.2 Å². The standard InChI is InChI=1S/C26H31N3O5/c1-28(2)14-13-23(25(32)29(15-24(30)31)17-11-12-17)27-26(33)34-16-22-20-9-5-3-7-18(20)19-8-4-6-10-21(19)22/h3-10,17,22-23H,11-16H2,1-2H3,(H,27,33)(H,30,31). The molecule has 1 fully saturated rings. The summed E-state index contributed by atoms with van der Waals surface area (Å²) in [6.07, 6.45) is 1.25. The summed E-state index contributed by atoms with van der Waals surface area (Å²) < 4.78 is 5.61. The molecule has 180 valence electrons. The van der Waals surface area contributed by atoms with E-state index in [4.69, 9.17) is 4.74 Å². The summed E-state index contributed by atoms with van der Waals surface area (Å²) >= 11 is 0. The molecule has 8 heteroatoms. The van der Waals surface area contributed by atoms with E-state index in [1.807, 2.05) is 55.4 Å². The number of amides is 2. The molecule has 2 amide bonds. The molecule has 2 aromatic carbocycles. The number of rotatable bonds is 10. The number of carboxylic acids is 1. The molecular weight excluding hydrogens is 434 g/mol. The van der Waals surface area contributed by atoms with Gasteiger partial charge in [0.1, 0.15) is 19.2 Å². The highest BCUT2D eigenvalue weighted by Crippen LogP contribution is 2.44. The molecule has 0 saturated heterocycles. The normalized spacial score (nSPS) is 15.4. The van der Waals surface area contributed by atoms with E-state index in [9.17, 15) is 19.5 Å². The van der Waals surface area contributed by atoms with Crippen molar-refractivity contribution in [2.24, 2.45) is 0 Å². The maximum absolute atomic E-state index is 13.2. The van der Waals surface area contributed by atoms with Crippen molar-refractivity contribution >= 4 is 18.0 Å². The lowest BCUT2D eigenvalue weighted by Gasteiger charge is -2.27. The van der Waals surface area contributed by atoms with Gasteiger partial charge in [0.05, 0.1) is 0 Å². The molecular formula is C26H31N3O5. The number of carbonyl (C=O) groups excluding carboxylic acids is 2. The van der Waals surface area contributed by atoms with E-state index in [0.717, 1.165) is 35.1 Å². The van der Waals surface area contributed by atoms with Gasteiger partial charge < -0.3 is 25.0 Å². The van der Waals surface area contributed by atoms with Gasteiger partial charge in [-0.25, -0.2) is 4.79 Å². The fourth-order valence-corrected chi connectivity index (χ4v) is 4.55. The zero-order valence-electron chi connectivity index (χ0n) is 19.6. The lowest BCUT2D eigenvalue weighted by atomic mass is 9.98. The van der Waals surface area contributed by atoms with Gasteiger partial charge in [-0.15, -0.1) is 0 Å². The minimum absolute atomic E-state index is 0.0743. The highest BCUT2D eigenvalue weighted by atomic mass is 16.5. The fraction of sp³-hybridized carbons (Fsp3) is 0.423. The Labute approximate surface area is 199 Å². The van der Waals surface area contributed by atoms with Crippen molar-refractivity contribution in [3.8, 4) is 11.1 Å². The minimum Gasteiger partial charge on any atom is -0.480 e. The van der Waals surface area contributed by atoms with Crippen LogP contribution in [0.4, 0.5) is 4.79 Å². The van der Waals surface area contributed by atoms with E-state index in [1.165, 1.54) is 4.90 Å². The molecule has 1 atom stereocenters. The molecule has 0 radical (unpaired) electrons. The molecule has 0 aromatic heterocycles. The van der Waals surface area contributed by atoms with E-state index in [2.05, 4.69) is 17.4 Å². The van der Waals surface area contributed by atoms with Crippen molar-refractivity contribution in [3.63, 3.8) is 0 Å². The van der Waals surface area contributed by atoms with Crippen LogP contribution < -0.4 is 5.32 Å². The average molecular weight is 466 g/mol. The van der Waals surface area contributed by atoms with Crippen molar-refractivity contribution in [3.05, 3.63) is 59.7 Å². The molecule has 2 aliphatic carbocycles. The maximum atomic E-state index is 13.2. The molecule has 1 saturated carbocycles. The first kappa shape index (κ1) is 23.8. The fourth-order valence-electron chi connectivity index (χ4n) is 4.55. The number of nitrogens with zero attached hydrogens (tertiary/aromatic N) is 2. The van der Waals surface area contributed by atoms with Crippen LogP contribution in [0.3, 0.4) is 0 Å². The Morgan fingerprint density at radius 1 is 1.03 bits per heavy atom. The maximum Gasteiger partial charge on any atom is 0.407 e. The Morgan fingerprint density at radius 3 is 2.15 bits per heavy atom. The van der Waals surface area contributed by atoms with Crippen LogP contribution in [0.15, 0.2) is 48.5 Å². The van der Waals surface area contributed by atoms with Crippen LogP contribution in [0.1, 0.15) is 36.3 Å². The summed E-state index contributed by atoms with van der Waals surface area (Å²) in [5.74, 6) is -1.52. The number of hydrogen-bond donors (Lipinski definition) is 2. The van der Waals surface area contributed by atoms with Crippen LogP contribution in [-0.2, 0) is 14.3 Å². The molecule has 34 heavy (non-hydrogen) atoms. The van der Waals surface area contributed by atoms with Crippen molar-refractivity contribution in [1.82, 2.24) is 15.1 Å². The summed E-state index contributed by atoms with van der Waals surface area (Å²) in [7, 11) is 3.76. The highest BCUT2D eigenvalue weighted by Gasteiger charge is 2.38. The van der Waals surface area contributed by atoms with Gasteiger partial charge in [-0.3, -0.25) is 9.59 Å². The lowest BCUT2D eigenvalue weighted by Crippen LogP contribution is -2.51. The summed E-state index contributed by atoms with van der Waals surface area (Å²) in [4.78, 5) is 40.5. The van der Waals surface area contributed by atoms with Crippen molar-refractivity contribution in [1.29, 1.82) is 0 Å². The Bertz CT molecular complexity index is 1020. The van der Waals surface area contributed by atoms with Crippen LogP contribution in [0.2, 0.25) is 0 Å². The molecule has 2 aromatic rings. The van der Waals surface area contributed by atoms with Gasteiger partial charge in [-0.1, -0.05) is 48.5 Å². The SMILES string of the molecule is CN(C)CCC(NC(=O)OCC1c2ccccc2-c2ccccc21)C(=O)N(CC(=O)O)C1CC1. The van der Waals surface area contributed by atoms with E-state index in [-0.39, 0.29) is 31.0 Å². The monoisotopic (exact) mass is 465 g/mol. The largest absolute Gasteiger partial charge is 0.480 e. The van der Waals surface area contributed by atoms with Gasteiger partial charge in [0.25, 0.3) is 0 Å². The average Bonchev–Trinajstić information content (AvgIpc) is 3.61. The van der Waals surface area contributed by atoms with Gasteiger partial charge in [0.15, 0.2) is 0 Å². The smallest absolute Gasteiger partial charge is 0.407 e. The summed E-state index contributed by atoms with van der Waals surface area (Å²) in [6.45, 7) is 0.343. The minimum atomic E-state index is -1.06. The third kappa shape index (κ3) is 5.39. The Kier molecular flexibility index (Phi) is 7.17. The predicted octanol–water partition coefficient (Wildman–Crippen LogP) is 2.92. The van der Waals surface area contributed by atoms with Crippen LogP contribution in [0, 0.1) is 0 Å². The van der Waals surface area contributed by atoms with Crippen molar-refractivity contribution in [2.75, 3.05) is 33.8 Å². The first-order valence-corrected chi connectivity index (χ1v) is 11.6. The van der Waals surface area contributed by atoms with Crippen LogP contribution in [0.5, 0.6) is 0 Å². The molecule has 4 rings (SSSR count). The second kappa shape index (κ2) is 10.3. The summed E-state index contributed by atoms with van der Waals surface area (Å²) in [5.41, 5.74) is 4.50. The summed E-state index contributed by atoms with van der Waals surface area (Å²) in [5, 5.41) is 12.0. The van der Waals surface area contributed by atoms with E-state index >= 15 is 0 Å². The highest BCUT2D eigenvalue weighted by molar-refractivity contribution is 5.88. The van der Waals surface area contributed by atoms with Crippen LogP contribution >= 0.6 is 0 Å². The van der Waals surface area contributed by atoms with Gasteiger partial charge in [-0.2, -0.15) is 0 Å². The number of carbonyl (C=O) groups is 3. The first-order chi connectivity index (χ1) is 16.3. The zero-order valence-corrected chi connectivity index (χ0v) is 19.6. The van der Waals surface area contributed by atoms with Gasteiger partial charge in [0.2, 0.25) is 5.91 Å². The number of nitrogens with one attached hydrogen (secondary N) is 1. The number of aliphatic carboxylic acids is 1.